The van der Waals surface area contributed by atoms with Crippen LogP contribution in [0.2, 0.25) is 0 Å². The van der Waals surface area contributed by atoms with E-state index in [4.69, 9.17) is 0 Å². The molecule has 4 nitrogen and oxygen atoms in total. The van der Waals surface area contributed by atoms with Crippen LogP contribution in [0.15, 0.2) is 18.2 Å². The van der Waals surface area contributed by atoms with Crippen molar-refractivity contribution in [2.45, 2.75) is 26.7 Å². The highest BCUT2D eigenvalue weighted by Gasteiger charge is 2.06. The van der Waals surface area contributed by atoms with Crippen molar-refractivity contribution in [2.24, 2.45) is 0 Å². The highest BCUT2D eigenvalue weighted by molar-refractivity contribution is 5.94. The number of aryl methyl sites for hydroxylation is 2. The molecule has 98 valence electrons. The van der Waals surface area contributed by atoms with Gasteiger partial charge in [-0.05, 0) is 43.5 Å². The van der Waals surface area contributed by atoms with E-state index in [1.54, 1.807) is 6.07 Å². The topological polar surface area (TPSA) is 55.4 Å². The van der Waals surface area contributed by atoms with Crippen LogP contribution in [0.5, 0.6) is 0 Å². The number of rotatable bonds is 5. The molecule has 0 spiro atoms. The van der Waals surface area contributed by atoms with Gasteiger partial charge in [-0.1, -0.05) is 6.07 Å². The molecule has 0 fully saturated rings. The number of hydrogen-bond donors (Lipinski definition) is 1. The Balaban J connectivity index is 2.41. The maximum absolute atomic E-state index is 11.8. The first kappa shape index (κ1) is 14.2. The van der Waals surface area contributed by atoms with Crippen molar-refractivity contribution in [3.8, 4) is 0 Å². The van der Waals surface area contributed by atoms with E-state index in [9.17, 15) is 9.59 Å². The second-order valence-corrected chi connectivity index (χ2v) is 4.23. The number of benzene rings is 1. The average Bonchev–Trinajstić information content (AvgIpc) is 2.37. The molecule has 0 saturated carbocycles. The van der Waals surface area contributed by atoms with Gasteiger partial charge in [-0.3, -0.25) is 9.59 Å². The van der Waals surface area contributed by atoms with Crippen LogP contribution in [0.1, 0.15) is 34.3 Å². The maximum Gasteiger partial charge on any atom is 0.305 e. The quantitative estimate of drug-likeness (QED) is 0.641. The van der Waals surface area contributed by atoms with Crippen molar-refractivity contribution < 1.29 is 14.3 Å². The van der Waals surface area contributed by atoms with Gasteiger partial charge in [0.05, 0.1) is 7.11 Å². The lowest BCUT2D eigenvalue weighted by atomic mass is 10.1. The zero-order valence-electron chi connectivity index (χ0n) is 11.1. The van der Waals surface area contributed by atoms with Crippen molar-refractivity contribution >= 4 is 11.9 Å². The Morgan fingerprint density at radius 3 is 2.56 bits per heavy atom. The zero-order chi connectivity index (χ0) is 13.5. The Kier molecular flexibility index (Phi) is 5.36. The Labute approximate surface area is 107 Å². The number of esters is 1. The summed E-state index contributed by atoms with van der Waals surface area (Å²) in [6, 6.07) is 5.60. The molecule has 0 heterocycles. The summed E-state index contributed by atoms with van der Waals surface area (Å²) in [6.07, 6.45) is 0.910. The van der Waals surface area contributed by atoms with E-state index in [1.807, 2.05) is 26.0 Å². The van der Waals surface area contributed by atoms with Gasteiger partial charge < -0.3 is 10.1 Å². The van der Waals surface area contributed by atoms with Crippen molar-refractivity contribution in [1.29, 1.82) is 0 Å². The first-order valence-electron chi connectivity index (χ1n) is 5.97. The van der Waals surface area contributed by atoms with Gasteiger partial charge in [-0.25, -0.2) is 0 Å². The van der Waals surface area contributed by atoms with Crippen LogP contribution in [0.25, 0.3) is 0 Å². The van der Waals surface area contributed by atoms with Gasteiger partial charge in [-0.15, -0.1) is 0 Å². The van der Waals surface area contributed by atoms with Crippen LogP contribution in [-0.2, 0) is 9.53 Å². The first-order valence-corrected chi connectivity index (χ1v) is 5.97. The molecular weight excluding hydrogens is 230 g/mol. The number of amides is 1. The minimum Gasteiger partial charge on any atom is -0.469 e. The van der Waals surface area contributed by atoms with Gasteiger partial charge in [0.25, 0.3) is 5.91 Å². The normalized spacial score (nSPS) is 9.94. The van der Waals surface area contributed by atoms with Gasteiger partial charge in [0, 0.05) is 18.5 Å². The van der Waals surface area contributed by atoms with Crippen molar-refractivity contribution in [3.05, 3.63) is 34.9 Å². The summed E-state index contributed by atoms with van der Waals surface area (Å²) in [6.45, 7) is 4.46. The molecule has 0 atom stereocenters. The summed E-state index contributed by atoms with van der Waals surface area (Å²) < 4.78 is 4.52. The summed E-state index contributed by atoms with van der Waals surface area (Å²) in [5.74, 6) is -0.363. The Morgan fingerprint density at radius 1 is 1.22 bits per heavy atom. The predicted octanol–water partition coefficient (Wildman–Crippen LogP) is 1.99. The number of nitrogens with one attached hydrogen (secondary N) is 1. The molecule has 1 rings (SSSR count). The molecule has 4 heteroatoms. The molecule has 1 N–H and O–H groups in total. The monoisotopic (exact) mass is 249 g/mol. The van der Waals surface area contributed by atoms with E-state index in [-0.39, 0.29) is 11.9 Å². The predicted molar refractivity (Wildman–Crippen MR) is 69.5 cm³/mol. The molecule has 0 unspecified atom stereocenters. The number of carbonyl (C=O) groups is 2. The van der Waals surface area contributed by atoms with Gasteiger partial charge in [0.15, 0.2) is 0 Å². The Bertz CT molecular complexity index is 441. The molecule has 0 aliphatic heterocycles. The minimum atomic E-state index is -0.254. The standard InChI is InChI=1S/C14H19NO3/c1-10-6-7-12(9-11(10)2)14(17)15-8-4-5-13(16)18-3/h6-7,9H,4-5,8H2,1-3H3,(H,15,17). The maximum atomic E-state index is 11.8. The van der Waals surface area contributed by atoms with E-state index in [0.29, 0.717) is 24.9 Å². The van der Waals surface area contributed by atoms with E-state index in [2.05, 4.69) is 10.1 Å². The molecule has 18 heavy (non-hydrogen) atoms. The summed E-state index contributed by atoms with van der Waals surface area (Å²) >= 11 is 0. The van der Waals surface area contributed by atoms with Crippen molar-refractivity contribution in [2.75, 3.05) is 13.7 Å². The first-order chi connectivity index (χ1) is 8.54. The van der Waals surface area contributed by atoms with Crippen molar-refractivity contribution in [1.82, 2.24) is 5.32 Å². The zero-order valence-corrected chi connectivity index (χ0v) is 11.1. The minimum absolute atomic E-state index is 0.108. The van der Waals surface area contributed by atoms with Crippen LogP contribution in [0.3, 0.4) is 0 Å². The smallest absolute Gasteiger partial charge is 0.305 e. The van der Waals surface area contributed by atoms with Gasteiger partial charge in [0.2, 0.25) is 0 Å². The number of carbonyl (C=O) groups excluding carboxylic acids is 2. The summed E-state index contributed by atoms with van der Waals surface area (Å²) in [4.78, 5) is 22.7. The highest BCUT2D eigenvalue weighted by atomic mass is 16.5. The van der Waals surface area contributed by atoms with Crippen LogP contribution in [0, 0.1) is 13.8 Å². The molecule has 1 aromatic rings. The van der Waals surface area contributed by atoms with E-state index in [0.717, 1.165) is 11.1 Å². The fraction of sp³-hybridized carbons (Fsp3) is 0.429. The summed E-state index contributed by atoms with van der Waals surface area (Å²) in [7, 11) is 1.36. The molecule has 1 aromatic carbocycles. The van der Waals surface area contributed by atoms with Crippen LogP contribution >= 0.6 is 0 Å². The number of ether oxygens (including phenoxy) is 1. The van der Waals surface area contributed by atoms with E-state index in [1.165, 1.54) is 7.11 Å². The van der Waals surface area contributed by atoms with Crippen LogP contribution < -0.4 is 5.32 Å². The van der Waals surface area contributed by atoms with Crippen molar-refractivity contribution in [3.63, 3.8) is 0 Å². The molecule has 0 radical (unpaired) electrons. The molecular formula is C14H19NO3. The van der Waals surface area contributed by atoms with Gasteiger partial charge >= 0.3 is 5.97 Å². The highest BCUT2D eigenvalue weighted by Crippen LogP contribution is 2.09. The molecule has 0 bridgehead atoms. The van der Waals surface area contributed by atoms with Crippen LogP contribution in [-0.4, -0.2) is 25.5 Å². The lowest BCUT2D eigenvalue weighted by Crippen LogP contribution is -2.25. The average molecular weight is 249 g/mol. The lowest BCUT2D eigenvalue weighted by Gasteiger charge is -2.06. The fourth-order valence-corrected chi connectivity index (χ4v) is 1.52. The largest absolute Gasteiger partial charge is 0.469 e. The third-order valence-corrected chi connectivity index (χ3v) is 2.84. The van der Waals surface area contributed by atoms with Gasteiger partial charge in [0.1, 0.15) is 0 Å². The van der Waals surface area contributed by atoms with Crippen LogP contribution in [0.4, 0.5) is 0 Å². The Morgan fingerprint density at radius 2 is 1.94 bits per heavy atom. The SMILES string of the molecule is COC(=O)CCCNC(=O)c1ccc(C)c(C)c1. The summed E-state index contributed by atoms with van der Waals surface area (Å²) in [5, 5.41) is 2.78. The summed E-state index contributed by atoms with van der Waals surface area (Å²) in [5.41, 5.74) is 2.91. The fourth-order valence-electron chi connectivity index (χ4n) is 1.52. The third kappa shape index (κ3) is 4.20. The third-order valence-electron chi connectivity index (χ3n) is 2.84. The molecule has 0 aliphatic carbocycles. The Hall–Kier alpha value is -1.84. The second-order valence-electron chi connectivity index (χ2n) is 4.23. The second kappa shape index (κ2) is 6.79. The molecule has 0 saturated heterocycles. The van der Waals surface area contributed by atoms with E-state index >= 15 is 0 Å². The number of hydrogen-bond acceptors (Lipinski definition) is 3. The van der Waals surface area contributed by atoms with Gasteiger partial charge in [-0.2, -0.15) is 0 Å². The molecule has 0 aromatic heterocycles. The van der Waals surface area contributed by atoms with E-state index < -0.39 is 0 Å². The molecule has 1 amide bonds. The number of methoxy groups -OCH3 is 1. The lowest BCUT2D eigenvalue weighted by molar-refractivity contribution is -0.140. The molecule has 0 aliphatic rings.